The van der Waals surface area contributed by atoms with Crippen molar-refractivity contribution in [3.8, 4) is 0 Å². The third-order valence-electron chi connectivity index (χ3n) is 6.51. The number of nitrogens with one attached hydrogen (secondary N) is 1. The van der Waals surface area contributed by atoms with E-state index in [-0.39, 0.29) is 5.91 Å². The van der Waals surface area contributed by atoms with Gasteiger partial charge in [-0.05, 0) is 81.7 Å². The fraction of sp³-hybridized carbons (Fsp3) is 0.370. The first-order valence-corrected chi connectivity index (χ1v) is 12.2. The van der Waals surface area contributed by atoms with Gasteiger partial charge in [0.1, 0.15) is 0 Å². The predicted octanol–water partition coefficient (Wildman–Crippen LogP) is 5.34. The van der Waals surface area contributed by atoms with Crippen LogP contribution in [0.25, 0.3) is 17.0 Å². The highest BCUT2D eigenvalue weighted by atomic mass is 35.5. The number of amides is 1. The molecule has 178 valence electrons. The maximum absolute atomic E-state index is 12.5. The van der Waals surface area contributed by atoms with Crippen molar-refractivity contribution in [2.24, 2.45) is 0 Å². The van der Waals surface area contributed by atoms with Crippen LogP contribution in [-0.4, -0.2) is 54.0 Å². The molecule has 1 fully saturated rings. The number of hydrogen-bond acceptors (Lipinski definition) is 5. The predicted molar refractivity (Wildman–Crippen MR) is 142 cm³/mol. The molecule has 0 aliphatic carbocycles. The number of carbonyl (C=O) groups excluding carboxylic acids is 1. The van der Waals surface area contributed by atoms with Crippen molar-refractivity contribution in [2.45, 2.75) is 39.2 Å². The SMILES string of the molecule is CCc1ccc(C=CC(=O)Nc2ccc3nc(N4CCC(N(C)C)CC4)nc(C)c3c2)c(Cl)c1. The Balaban J connectivity index is 1.46. The van der Waals surface area contributed by atoms with Gasteiger partial charge >= 0.3 is 0 Å². The number of benzene rings is 2. The van der Waals surface area contributed by atoms with Gasteiger partial charge in [-0.3, -0.25) is 4.79 Å². The van der Waals surface area contributed by atoms with Gasteiger partial charge in [-0.15, -0.1) is 0 Å². The summed E-state index contributed by atoms with van der Waals surface area (Å²) < 4.78 is 0. The molecule has 1 aliphatic rings. The summed E-state index contributed by atoms with van der Waals surface area (Å²) in [4.78, 5) is 26.6. The topological polar surface area (TPSA) is 61.4 Å². The summed E-state index contributed by atoms with van der Waals surface area (Å²) >= 11 is 6.32. The van der Waals surface area contributed by atoms with E-state index in [1.165, 1.54) is 11.6 Å². The average molecular weight is 478 g/mol. The number of aromatic nitrogens is 2. The van der Waals surface area contributed by atoms with Crippen molar-refractivity contribution < 1.29 is 4.79 Å². The van der Waals surface area contributed by atoms with Gasteiger partial charge in [0.05, 0.1) is 11.2 Å². The van der Waals surface area contributed by atoms with Gasteiger partial charge in [-0.25, -0.2) is 9.97 Å². The highest BCUT2D eigenvalue weighted by molar-refractivity contribution is 6.32. The van der Waals surface area contributed by atoms with Gasteiger partial charge in [0.25, 0.3) is 0 Å². The Morgan fingerprint density at radius 1 is 1.18 bits per heavy atom. The minimum atomic E-state index is -0.214. The van der Waals surface area contributed by atoms with E-state index in [9.17, 15) is 4.79 Å². The van der Waals surface area contributed by atoms with Crippen LogP contribution in [0.15, 0.2) is 42.5 Å². The lowest BCUT2D eigenvalue weighted by Crippen LogP contribution is -2.42. The number of hydrogen-bond donors (Lipinski definition) is 1. The molecule has 1 aromatic heterocycles. The van der Waals surface area contributed by atoms with Crippen LogP contribution in [0.3, 0.4) is 0 Å². The molecule has 34 heavy (non-hydrogen) atoms. The van der Waals surface area contributed by atoms with Gasteiger partial charge in [-0.1, -0.05) is 30.7 Å². The summed E-state index contributed by atoms with van der Waals surface area (Å²) in [5.41, 5.74) is 4.49. The van der Waals surface area contributed by atoms with Crippen molar-refractivity contribution in [3.63, 3.8) is 0 Å². The van der Waals surface area contributed by atoms with Crippen LogP contribution in [-0.2, 0) is 11.2 Å². The Morgan fingerprint density at radius 2 is 1.94 bits per heavy atom. The van der Waals surface area contributed by atoms with Gasteiger partial charge in [0, 0.05) is 41.3 Å². The number of anilines is 2. The maximum Gasteiger partial charge on any atom is 0.248 e. The van der Waals surface area contributed by atoms with Crippen LogP contribution >= 0.6 is 11.6 Å². The first-order valence-electron chi connectivity index (χ1n) is 11.8. The Labute approximate surface area is 206 Å². The zero-order chi connectivity index (χ0) is 24.2. The van der Waals surface area contributed by atoms with E-state index in [4.69, 9.17) is 21.6 Å². The molecule has 4 rings (SSSR count). The van der Waals surface area contributed by atoms with Crippen molar-refractivity contribution >= 4 is 46.1 Å². The summed E-state index contributed by atoms with van der Waals surface area (Å²) in [6, 6.07) is 12.3. The molecule has 1 amide bonds. The maximum atomic E-state index is 12.5. The lowest BCUT2D eigenvalue weighted by atomic mass is 10.0. The van der Waals surface area contributed by atoms with Crippen molar-refractivity contribution in [1.29, 1.82) is 0 Å². The number of piperidine rings is 1. The Hall–Kier alpha value is -2.96. The van der Waals surface area contributed by atoms with Crippen LogP contribution in [0.2, 0.25) is 5.02 Å². The van der Waals surface area contributed by atoms with Crippen LogP contribution in [0, 0.1) is 6.92 Å². The monoisotopic (exact) mass is 477 g/mol. The van der Waals surface area contributed by atoms with Crippen LogP contribution in [0.1, 0.15) is 36.6 Å². The lowest BCUT2D eigenvalue weighted by molar-refractivity contribution is -0.111. The third kappa shape index (κ3) is 5.57. The van der Waals surface area contributed by atoms with E-state index in [1.54, 1.807) is 6.08 Å². The smallest absolute Gasteiger partial charge is 0.248 e. The Kier molecular flexibility index (Phi) is 7.49. The molecule has 2 heterocycles. The molecule has 0 atom stereocenters. The van der Waals surface area contributed by atoms with E-state index in [0.29, 0.717) is 16.8 Å². The second-order valence-corrected chi connectivity index (χ2v) is 9.46. The van der Waals surface area contributed by atoms with E-state index in [0.717, 1.165) is 60.5 Å². The van der Waals surface area contributed by atoms with Crippen LogP contribution < -0.4 is 10.2 Å². The van der Waals surface area contributed by atoms with Gasteiger partial charge in [0.15, 0.2) is 0 Å². The standard InChI is InChI=1S/C27H32ClN5O/c1-5-19-6-7-20(24(28)16-19)8-11-26(34)30-21-9-10-25-23(17-21)18(2)29-27(31-25)33-14-12-22(13-15-33)32(3)4/h6-11,16-17,22H,5,12-15H2,1-4H3,(H,30,34). The number of halogens is 1. The van der Waals surface area contributed by atoms with E-state index >= 15 is 0 Å². The molecular formula is C27H32ClN5O. The number of rotatable bonds is 6. The number of nitrogens with zero attached hydrogens (tertiary/aromatic N) is 4. The van der Waals surface area contributed by atoms with E-state index in [2.05, 4.69) is 36.1 Å². The second kappa shape index (κ2) is 10.5. The van der Waals surface area contributed by atoms with Crippen LogP contribution in [0.5, 0.6) is 0 Å². The zero-order valence-electron chi connectivity index (χ0n) is 20.3. The normalized spacial score (nSPS) is 14.9. The highest BCUT2D eigenvalue weighted by Crippen LogP contribution is 2.25. The van der Waals surface area contributed by atoms with Crippen molar-refractivity contribution in [2.75, 3.05) is 37.4 Å². The molecule has 6 nitrogen and oxygen atoms in total. The minimum Gasteiger partial charge on any atom is -0.341 e. The molecule has 0 saturated carbocycles. The summed E-state index contributed by atoms with van der Waals surface area (Å²) in [6.45, 7) is 5.99. The summed E-state index contributed by atoms with van der Waals surface area (Å²) in [5, 5.41) is 4.51. The fourth-order valence-corrected chi connectivity index (χ4v) is 4.61. The average Bonchev–Trinajstić information content (AvgIpc) is 2.83. The summed E-state index contributed by atoms with van der Waals surface area (Å²) in [7, 11) is 4.28. The van der Waals surface area contributed by atoms with Crippen LogP contribution in [0.4, 0.5) is 11.6 Å². The quantitative estimate of drug-likeness (QED) is 0.486. The van der Waals surface area contributed by atoms with Crippen molar-refractivity contribution in [3.05, 3.63) is 64.3 Å². The number of carbonyl (C=O) groups is 1. The molecule has 0 spiro atoms. The molecule has 0 radical (unpaired) electrons. The highest BCUT2D eigenvalue weighted by Gasteiger charge is 2.22. The van der Waals surface area contributed by atoms with Gasteiger partial charge < -0.3 is 15.1 Å². The first-order chi connectivity index (χ1) is 16.3. The molecule has 7 heteroatoms. The molecule has 0 bridgehead atoms. The van der Waals surface area contributed by atoms with E-state index in [1.807, 2.05) is 43.3 Å². The Morgan fingerprint density at radius 3 is 2.62 bits per heavy atom. The molecule has 0 unspecified atom stereocenters. The Bertz CT molecular complexity index is 1220. The van der Waals surface area contributed by atoms with E-state index < -0.39 is 0 Å². The third-order valence-corrected chi connectivity index (χ3v) is 6.83. The largest absolute Gasteiger partial charge is 0.341 e. The second-order valence-electron chi connectivity index (χ2n) is 9.05. The molecule has 2 aromatic carbocycles. The molecule has 1 saturated heterocycles. The minimum absolute atomic E-state index is 0.214. The first kappa shape index (κ1) is 24.2. The molecule has 1 N–H and O–H groups in total. The number of aryl methyl sites for hydroxylation is 2. The molecular weight excluding hydrogens is 446 g/mol. The summed E-state index contributed by atoms with van der Waals surface area (Å²) in [6.07, 6.45) is 6.38. The number of fused-ring (bicyclic) bond motifs is 1. The molecule has 3 aromatic rings. The van der Waals surface area contributed by atoms with Gasteiger partial charge in [0.2, 0.25) is 11.9 Å². The molecule has 1 aliphatic heterocycles. The zero-order valence-corrected chi connectivity index (χ0v) is 21.1. The van der Waals surface area contributed by atoms with Crippen molar-refractivity contribution in [1.82, 2.24) is 14.9 Å². The fourth-order valence-electron chi connectivity index (χ4n) is 4.34. The lowest BCUT2D eigenvalue weighted by Gasteiger charge is -2.35. The summed E-state index contributed by atoms with van der Waals surface area (Å²) in [5.74, 6) is 0.571. The van der Waals surface area contributed by atoms with Gasteiger partial charge in [-0.2, -0.15) is 0 Å².